The molecule has 0 spiro atoms. The predicted molar refractivity (Wildman–Crippen MR) is 79.0 cm³/mol. The molecular formula is C16H19N3O. The van der Waals surface area contributed by atoms with Crippen LogP contribution in [-0.2, 0) is 13.0 Å². The summed E-state index contributed by atoms with van der Waals surface area (Å²) in [6, 6.07) is 6.08. The zero-order valence-corrected chi connectivity index (χ0v) is 11.9. The van der Waals surface area contributed by atoms with Crippen molar-refractivity contribution >= 4 is 11.6 Å². The van der Waals surface area contributed by atoms with Gasteiger partial charge >= 0.3 is 0 Å². The van der Waals surface area contributed by atoms with Crippen LogP contribution in [0.25, 0.3) is 0 Å². The fraction of sp³-hybridized carbons (Fsp3) is 0.375. The van der Waals surface area contributed by atoms with Gasteiger partial charge in [-0.1, -0.05) is 12.1 Å². The molecule has 0 saturated heterocycles. The summed E-state index contributed by atoms with van der Waals surface area (Å²) in [6.07, 6.45) is 4.92. The van der Waals surface area contributed by atoms with Crippen LogP contribution in [0, 0.1) is 13.8 Å². The Balaban J connectivity index is 1.86. The number of rotatable bonds is 2. The highest BCUT2D eigenvalue weighted by Gasteiger charge is 2.20. The lowest BCUT2D eigenvalue weighted by molar-refractivity contribution is 0.102. The van der Waals surface area contributed by atoms with Gasteiger partial charge in [0.25, 0.3) is 5.91 Å². The fourth-order valence-electron chi connectivity index (χ4n) is 2.67. The van der Waals surface area contributed by atoms with Crippen LogP contribution >= 0.6 is 0 Å². The van der Waals surface area contributed by atoms with Gasteiger partial charge in [0, 0.05) is 12.2 Å². The number of benzene rings is 1. The number of anilines is 1. The zero-order valence-electron chi connectivity index (χ0n) is 11.9. The predicted octanol–water partition coefficient (Wildman–Crippen LogP) is 3.09. The van der Waals surface area contributed by atoms with E-state index < -0.39 is 0 Å². The number of hydrogen-bond donors (Lipinski definition) is 1. The summed E-state index contributed by atoms with van der Waals surface area (Å²) >= 11 is 0. The van der Waals surface area contributed by atoms with E-state index in [-0.39, 0.29) is 5.91 Å². The van der Waals surface area contributed by atoms with Crippen LogP contribution in [0.1, 0.15) is 40.0 Å². The number of carbonyl (C=O) groups excluding carboxylic acids is 1. The van der Waals surface area contributed by atoms with Gasteiger partial charge < -0.3 is 5.32 Å². The lowest BCUT2D eigenvalue weighted by Crippen LogP contribution is -2.18. The molecule has 1 aromatic heterocycles. The van der Waals surface area contributed by atoms with E-state index >= 15 is 0 Å². The van der Waals surface area contributed by atoms with Gasteiger partial charge in [0.2, 0.25) is 0 Å². The first kappa shape index (κ1) is 12.9. The lowest BCUT2D eigenvalue weighted by atomic mass is 10.1. The van der Waals surface area contributed by atoms with Gasteiger partial charge in [-0.05, 0) is 50.3 Å². The number of carbonyl (C=O) groups is 1. The molecule has 1 aliphatic heterocycles. The molecule has 2 heterocycles. The highest BCUT2D eigenvalue weighted by Crippen LogP contribution is 2.21. The van der Waals surface area contributed by atoms with Gasteiger partial charge in [0.1, 0.15) is 0 Å². The largest absolute Gasteiger partial charge is 0.322 e. The van der Waals surface area contributed by atoms with E-state index in [0.717, 1.165) is 48.3 Å². The monoisotopic (exact) mass is 269 g/mol. The Morgan fingerprint density at radius 2 is 2.15 bits per heavy atom. The van der Waals surface area contributed by atoms with Crippen LogP contribution in [0.2, 0.25) is 0 Å². The summed E-state index contributed by atoms with van der Waals surface area (Å²) < 4.78 is 1.96. The van der Waals surface area contributed by atoms with Crippen molar-refractivity contribution < 1.29 is 4.79 Å². The number of hydrogen-bond acceptors (Lipinski definition) is 2. The third-order valence-electron chi connectivity index (χ3n) is 3.87. The minimum atomic E-state index is -0.0538. The maximum absolute atomic E-state index is 12.4. The molecule has 4 heteroatoms. The minimum Gasteiger partial charge on any atom is -0.322 e. The smallest absolute Gasteiger partial charge is 0.259 e. The molecule has 1 aromatic carbocycles. The molecule has 0 aliphatic carbocycles. The van der Waals surface area contributed by atoms with E-state index in [1.54, 1.807) is 6.20 Å². The van der Waals surface area contributed by atoms with Crippen molar-refractivity contribution in [1.29, 1.82) is 0 Å². The van der Waals surface area contributed by atoms with Crippen LogP contribution < -0.4 is 5.32 Å². The fourth-order valence-corrected chi connectivity index (χ4v) is 2.67. The summed E-state index contributed by atoms with van der Waals surface area (Å²) in [4.78, 5) is 12.4. The molecule has 1 aliphatic rings. The van der Waals surface area contributed by atoms with Gasteiger partial charge in [-0.15, -0.1) is 0 Å². The van der Waals surface area contributed by atoms with Gasteiger partial charge in [0.05, 0.1) is 17.5 Å². The molecule has 0 saturated carbocycles. The Hall–Kier alpha value is -2.10. The Kier molecular flexibility index (Phi) is 3.30. The first-order chi connectivity index (χ1) is 9.65. The minimum absolute atomic E-state index is 0.0538. The molecule has 20 heavy (non-hydrogen) atoms. The number of fused-ring (bicyclic) bond motifs is 1. The Morgan fingerprint density at radius 3 is 3.00 bits per heavy atom. The molecule has 1 amide bonds. The first-order valence-electron chi connectivity index (χ1n) is 7.08. The quantitative estimate of drug-likeness (QED) is 0.910. The Morgan fingerprint density at radius 1 is 1.30 bits per heavy atom. The summed E-state index contributed by atoms with van der Waals surface area (Å²) in [5.74, 6) is -0.0538. The van der Waals surface area contributed by atoms with Crippen molar-refractivity contribution in [3.63, 3.8) is 0 Å². The maximum atomic E-state index is 12.4. The van der Waals surface area contributed by atoms with Crippen molar-refractivity contribution in [1.82, 2.24) is 9.78 Å². The SMILES string of the molecule is Cc1ccc(C)c(NC(=O)c2cnn3c2CCCC3)c1. The van der Waals surface area contributed by atoms with Crippen molar-refractivity contribution in [2.24, 2.45) is 0 Å². The number of nitrogens with zero attached hydrogens (tertiary/aromatic N) is 2. The average molecular weight is 269 g/mol. The molecule has 2 aromatic rings. The van der Waals surface area contributed by atoms with Crippen LogP contribution in [0.3, 0.4) is 0 Å². The van der Waals surface area contributed by atoms with Gasteiger partial charge in [0.15, 0.2) is 0 Å². The van der Waals surface area contributed by atoms with E-state index in [2.05, 4.69) is 10.4 Å². The second kappa shape index (κ2) is 5.12. The standard InChI is InChI=1S/C16H19N3O/c1-11-6-7-12(2)14(9-11)18-16(20)13-10-17-19-8-4-3-5-15(13)19/h6-7,9-10H,3-5,8H2,1-2H3,(H,18,20). The Labute approximate surface area is 118 Å². The molecule has 0 radical (unpaired) electrons. The highest BCUT2D eigenvalue weighted by molar-refractivity contribution is 6.05. The second-order valence-corrected chi connectivity index (χ2v) is 5.46. The van der Waals surface area contributed by atoms with Crippen molar-refractivity contribution in [3.8, 4) is 0 Å². The van der Waals surface area contributed by atoms with Crippen LogP contribution in [-0.4, -0.2) is 15.7 Å². The lowest BCUT2D eigenvalue weighted by Gasteiger charge is -2.15. The van der Waals surface area contributed by atoms with E-state index in [4.69, 9.17) is 0 Å². The van der Waals surface area contributed by atoms with Crippen LogP contribution in [0.4, 0.5) is 5.69 Å². The van der Waals surface area contributed by atoms with E-state index in [0.29, 0.717) is 5.56 Å². The second-order valence-electron chi connectivity index (χ2n) is 5.46. The Bertz CT molecular complexity index is 658. The molecule has 0 unspecified atom stereocenters. The van der Waals surface area contributed by atoms with E-state index in [9.17, 15) is 4.79 Å². The number of nitrogens with one attached hydrogen (secondary N) is 1. The number of aryl methyl sites for hydroxylation is 3. The third kappa shape index (κ3) is 2.33. The summed E-state index contributed by atoms with van der Waals surface area (Å²) in [5.41, 5.74) is 4.88. The number of amides is 1. The first-order valence-corrected chi connectivity index (χ1v) is 7.08. The van der Waals surface area contributed by atoms with Crippen LogP contribution in [0.5, 0.6) is 0 Å². The topological polar surface area (TPSA) is 46.9 Å². The summed E-state index contributed by atoms with van der Waals surface area (Å²) in [5, 5.41) is 7.33. The summed E-state index contributed by atoms with van der Waals surface area (Å²) in [6.45, 7) is 4.95. The third-order valence-corrected chi connectivity index (χ3v) is 3.87. The molecule has 3 rings (SSSR count). The van der Waals surface area contributed by atoms with E-state index in [1.165, 1.54) is 0 Å². The van der Waals surface area contributed by atoms with Crippen LogP contribution in [0.15, 0.2) is 24.4 Å². The number of aromatic nitrogens is 2. The molecule has 0 fully saturated rings. The van der Waals surface area contributed by atoms with Crippen molar-refractivity contribution in [2.75, 3.05) is 5.32 Å². The molecule has 1 N–H and O–H groups in total. The molecular weight excluding hydrogens is 250 g/mol. The normalized spacial score (nSPS) is 13.9. The van der Waals surface area contributed by atoms with E-state index in [1.807, 2.05) is 36.7 Å². The molecule has 0 atom stereocenters. The molecule has 0 bridgehead atoms. The van der Waals surface area contributed by atoms with Gasteiger partial charge in [-0.3, -0.25) is 9.48 Å². The zero-order chi connectivity index (χ0) is 14.1. The van der Waals surface area contributed by atoms with Crippen molar-refractivity contribution in [3.05, 3.63) is 46.8 Å². The average Bonchev–Trinajstić information content (AvgIpc) is 2.87. The highest BCUT2D eigenvalue weighted by atomic mass is 16.1. The van der Waals surface area contributed by atoms with Crippen molar-refractivity contribution in [2.45, 2.75) is 39.7 Å². The van der Waals surface area contributed by atoms with Gasteiger partial charge in [-0.2, -0.15) is 5.10 Å². The summed E-state index contributed by atoms with van der Waals surface area (Å²) in [7, 11) is 0. The maximum Gasteiger partial charge on any atom is 0.259 e. The molecule has 4 nitrogen and oxygen atoms in total. The van der Waals surface area contributed by atoms with Gasteiger partial charge in [-0.25, -0.2) is 0 Å². The molecule has 104 valence electrons.